The number of alkyl halides is 1. The highest BCUT2D eigenvalue weighted by atomic mass is 127. The van der Waals surface area contributed by atoms with Crippen LogP contribution in [0.1, 0.15) is 18.1 Å². The van der Waals surface area contributed by atoms with Crippen LogP contribution in [0.4, 0.5) is 0 Å². The van der Waals surface area contributed by atoms with Crippen LogP contribution < -0.4 is 0 Å². The Morgan fingerprint density at radius 1 is 1.47 bits per heavy atom. The van der Waals surface area contributed by atoms with Gasteiger partial charge in [-0.25, -0.2) is 0 Å². The molecule has 15 heavy (non-hydrogen) atoms. The summed E-state index contributed by atoms with van der Waals surface area (Å²) in [5.41, 5.74) is 1.01. The molecule has 0 aromatic heterocycles. The number of hydrogen-bond donors (Lipinski definition) is 0. The lowest BCUT2D eigenvalue weighted by atomic mass is 10.1. The molecule has 0 fully saturated rings. The molecule has 0 aliphatic carbocycles. The van der Waals surface area contributed by atoms with Gasteiger partial charge in [-0.15, -0.1) is 6.58 Å². The highest BCUT2D eigenvalue weighted by molar-refractivity contribution is 14.1. The molecular formula is C12H13IO2. The van der Waals surface area contributed by atoms with Gasteiger partial charge in [0.05, 0.1) is 4.43 Å². The van der Waals surface area contributed by atoms with Crippen molar-refractivity contribution in [3.63, 3.8) is 0 Å². The average Bonchev–Trinajstić information content (AvgIpc) is 2.29. The van der Waals surface area contributed by atoms with Gasteiger partial charge in [0, 0.05) is 6.42 Å². The van der Waals surface area contributed by atoms with Crippen molar-refractivity contribution >= 4 is 28.6 Å². The molecule has 1 aromatic rings. The molecular weight excluding hydrogens is 303 g/mol. The Morgan fingerprint density at radius 2 is 2.13 bits per heavy atom. The van der Waals surface area contributed by atoms with E-state index in [2.05, 4.69) is 6.58 Å². The summed E-state index contributed by atoms with van der Waals surface area (Å²) in [4.78, 5) is 11.2. The maximum atomic E-state index is 11.2. The third kappa shape index (κ3) is 4.03. The molecule has 0 spiro atoms. The van der Waals surface area contributed by atoms with Gasteiger partial charge in [0.25, 0.3) is 0 Å². The third-order valence-electron chi connectivity index (χ3n) is 1.93. The van der Waals surface area contributed by atoms with Gasteiger partial charge in [-0.1, -0.05) is 59.0 Å². The van der Waals surface area contributed by atoms with E-state index in [1.807, 2.05) is 52.9 Å². The maximum Gasteiger partial charge on any atom is 0.316 e. The zero-order chi connectivity index (χ0) is 11.1. The SMILES string of the molecule is C=CCC(OC(=O)CI)c1ccccc1. The van der Waals surface area contributed by atoms with Crippen LogP contribution in [0.15, 0.2) is 43.0 Å². The normalized spacial score (nSPS) is 11.8. The minimum Gasteiger partial charge on any atom is -0.457 e. The Balaban J connectivity index is 2.74. The van der Waals surface area contributed by atoms with Crippen molar-refractivity contribution in [3.05, 3.63) is 48.6 Å². The molecule has 0 bridgehead atoms. The van der Waals surface area contributed by atoms with Crippen molar-refractivity contribution in [2.45, 2.75) is 12.5 Å². The molecule has 0 amide bonds. The molecule has 3 heteroatoms. The largest absolute Gasteiger partial charge is 0.457 e. The highest BCUT2D eigenvalue weighted by Crippen LogP contribution is 2.21. The summed E-state index contributed by atoms with van der Waals surface area (Å²) in [6.07, 6.45) is 2.20. The zero-order valence-corrected chi connectivity index (χ0v) is 10.5. The van der Waals surface area contributed by atoms with Crippen molar-refractivity contribution in [1.29, 1.82) is 0 Å². The first-order valence-electron chi connectivity index (χ1n) is 4.69. The predicted octanol–water partition coefficient (Wildman–Crippen LogP) is 3.28. The van der Waals surface area contributed by atoms with Crippen LogP contribution in [-0.2, 0) is 9.53 Å². The van der Waals surface area contributed by atoms with Crippen LogP contribution in [0.3, 0.4) is 0 Å². The first-order valence-corrected chi connectivity index (χ1v) is 6.21. The monoisotopic (exact) mass is 316 g/mol. The predicted molar refractivity (Wildman–Crippen MR) is 69.0 cm³/mol. The van der Waals surface area contributed by atoms with E-state index in [0.717, 1.165) is 5.56 Å². The second-order valence-corrected chi connectivity index (χ2v) is 3.81. The summed E-state index contributed by atoms with van der Waals surface area (Å²) >= 11 is 1.99. The molecule has 1 aromatic carbocycles. The van der Waals surface area contributed by atoms with Crippen LogP contribution in [0.25, 0.3) is 0 Å². The van der Waals surface area contributed by atoms with Crippen LogP contribution in [0.5, 0.6) is 0 Å². The summed E-state index contributed by atoms with van der Waals surface area (Å²) in [6, 6.07) is 9.71. The summed E-state index contributed by atoms with van der Waals surface area (Å²) in [7, 11) is 0. The van der Waals surface area contributed by atoms with Gasteiger partial charge in [0.15, 0.2) is 0 Å². The van der Waals surface area contributed by atoms with Crippen molar-refractivity contribution in [2.24, 2.45) is 0 Å². The number of benzene rings is 1. The highest BCUT2D eigenvalue weighted by Gasteiger charge is 2.13. The molecule has 1 rings (SSSR count). The number of carbonyl (C=O) groups is 1. The Labute approximate surface area is 103 Å². The number of hydrogen-bond acceptors (Lipinski definition) is 2. The summed E-state index contributed by atoms with van der Waals surface area (Å²) < 4.78 is 5.68. The van der Waals surface area contributed by atoms with E-state index in [4.69, 9.17) is 4.74 Å². The van der Waals surface area contributed by atoms with Crippen LogP contribution in [0, 0.1) is 0 Å². The molecule has 0 saturated carbocycles. The number of ether oxygens (including phenoxy) is 1. The molecule has 2 nitrogen and oxygen atoms in total. The number of esters is 1. The Hall–Kier alpha value is -0.840. The number of halogens is 1. The van der Waals surface area contributed by atoms with Crippen molar-refractivity contribution < 1.29 is 9.53 Å². The van der Waals surface area contributed by atoms with Gasteiger partial charge >= 0.3 is 5.97 Å². The van der Waals surface area contributed by atoms with Crippen LogP contribution >= 0.6 is 22.6 Å². The van der Waals surface area contributed by atoms with Gasteiger partial charge < -0.3 is 4.74 Å². The fraction of sp³-hybridized carbons (Fsp3) is 0.250. The van der Waals surface area contributed by atoms with E-state index in [9.17, 15) is 4.79 Å². The molecule has 1 unspecified atom stereocenters. The minimum absolute atomic E-state index is 0.189. The summed E-state index contributed by atoms with van der Waals surface area (Å²) in [5.74, 6) is -0.189. The lowest BCUT2D eigenvalue weighted by Gasteiger charge is -2.15. The maximum absolute atomic E-state index is 11.2. The first kappa shape index (κ1) is 12.2. The smallest absolute Gasteiger partial charge is 0.316 e. The lowest BCUT2D eigenvalue weighted by Crippen LogP contribution is -2.11. The molecule has 80 valence electrons. The molecule has 0 saturated heterocycles. The standard InChI is InChI=1S/C12H13IO2/c1-2-6-11(15-12(14)9-13)10-7-4-3-5-8-10/h2-5,7-8,11H,1,6,9H2. The molecule has 0 N–H and O–H groups in total. The summed E-state index contributed by atoms with van der Waals surface area (Å²) in [6.45, 7) is 3.67. The van der Waals surface area contributed by atoms with E-state index in [-0.39, 0.29) is 12.1 Å². The lowest BCUT2D eigenvalue weighted by molar-refractivity contribution is -0.145. The third-order valence-corrected chi connectivity index (χ3v) is 2.56. The van der Waals surface area contributed by atoms with Gasteiger partial charge in [-0.3, -0.25) is 4.79 Å². The quantitative estimate of drug-likeness (QED) is 0.361. The fourth-order valence-corrected chi connectivity index (χ4v) is 1.44. The zero-order valence-electron chi connectivity index (χ0n) is 8.36. The van der Waals surface area contributed by atoms with E-state index in [0.29, 0.717) is 10.8 Å². The Morgan fingerprint density at radius 3 is 2.67 bits per heavy atom. The Bertz CT molecular complexity index is 322. The van der Waals surface area contributed by atoms with Gasteiger partial charge in [0.2, 0.25) is 0 Å². The van der Waals surface area contributed by atoms with Gasteiger partial charge in [-0.05, 0) is 5.56 Å². The first-order chi connectivity index (χ1) is 7.27. The second-order valence-electron chi connectivity index (χ2n) is 3.05. The average molecular weight is 316 g/mol. The number of rotatable bonds is 5. The topological polar surface area (TPSA) is 26.3 Å². The van der Waals surface area contributed by atoms with Gasteiger partial charge in [-0.2, -0.15) is 0 Å². The van der Waals surface area contributed by atoms with Crippen molar-refractivity contribution in [3.8, 4) is 0 Å². The van der Waals surface area contributed by atoms with E-state index in [1.54, 1.807) is 6.08 Å². The molecule has 1 atom stereocenters. The van der Waals surface area contributed by atoms with E-state index >= 15 is 0 Å². The molecule has 0 heterocycles. The summed E-state index contributed by atoms with van der Waals surface area (Å²) in [5, 5.41) is 0. The molecule has 0 aliphatic heterocycles. The minimum atomic E-state index is -0.203. The van der Waals surface area contributed by atoms with Crippen molar-refractivity contribution in [1.82, 2.24) is 0 Å². The number of carbonyl (C=O) groups excluding carboxylic acids is 1. The van der Waals surface area contributed by atoms with Gasteiger partial charge in [0.1, 0.15) is 6.10 Å². The van der Waals surface area contributed by atoms with E-state index < -0.39 is 0 Å². The van der Waals surface area contributed by atoms with Crippen LogP contribution in [-0.4, -0.2) is 10.4 Å². The van der Waals surface area contributed by atoms with Crippen LogP contribution in [0.2, 0.25) is 0 Å². The van der Waals surface area contributed by atoms with E-state index in [1.165, 1.54) is 0 Å². The molecule has 0 radical (unpaired) electrons. The fourth-order valence-electron chi connectivity index (χ4n) is 1.26. The van der Waals surface area contributed by atoms with Crippen molar-refractivity contribution in [2.75, 3.05) is 4.43 Å². The second kappa shape index (κ2) is 6.61. The Kier molecular flexibility index (Phi) is 5.39. The molecule has 0 aliphatic rings.